The van der Waals surface area contributed by atoms with Crippen molar-refractivity contribution in [2.24, 2.45) is 0 Å². The van der Waals surface area contributed by atoms with Crippen LogP contribution in [0, 0.1) is 13.8 Å². The summed E-state index contributed by atoms with van der Waals surface area (Å²) in [5, 5.41) is 0.751. The summed E-state index contributed by atoms with van der Waals surface area (Å²) in [6, 6.07) is 21.9. The molecule has 0 radical (unpaired) electrons. The number of amides is 1. The number of nitrogens with one attached hydrogen (secondary N) is 1. The van der Waals surface area contributed by atoms with E-state index in [4.69, 9.17) is 0 Å². The average Bonchev–Trinajstić information content (AvgIpc) is 3.13. The fourth-order valence-corrected chi connectivity index (χ4v) is 6.36. The van der Waals surface area contributed by atoms with E-state index >= 15 is 0 Å². The van der Waals surface area contributed by atoms with Crippen LogP contribution in [0.25, 0.3) is 10.9 Å². The topological polar surface area (TPSA) is 82.6 Å². The van der Waals surface area contributed by atoms with Crippen LogP contribution in [0.4, 0.5) is 5.69 Å². The summed E-state index contributed by atoms with van der Waals surface area (Å²) in [6.45, 7) is 8.24. The second-order valence-electron chi connectivity index (χ2n) is 9.93. The van der Waals surface area contributed by atoms with Gasteiger partial charge in [-0.1, -0.05) is 47.5 Å². The van der Waals surface area contributed by atoms with Gasteiger partial charge < -0.3 is 4.90 Å². The lowest BCUT2D eigenvalue weighted by atomic mass is 10.1. The average molecular weight is 529 g/mol. The van der Waals surface area contributed by atoms with Crippen molar-refractivity contribution < 1.29 is 13.2 Å². The summed E-state index contributed by atoms with van der Waals surface area (Å²) in [4.78, 5) is 21.9. The van der Waals surface area contributed by atoms with Crippen molar-refractivity contribution in [3.63, 3.8) is 0 Å². The van der Waals surface area contributed by atoms with Gasteiger partial charge in [-0.25, -0.2) is 8.42 Å². The molecule has 4 aromatic rings. The summed E-state index contributed by atoms with van der Waals surface area (Å²) < 4.78 is 28.8. The van der Waals surface area contributed by atoms with Crippen molar-refractivity contribution in [3.05, 3.63) is 101 Å². The lowest BCUT2D eigenvalue weighted by Gasteiger charge is -2.22. The minimum Gasteiger partial charge on any atom is -0.337 e. The first-order valence-corrected chi connectivity index (χ1v) is 14.3. The van der Waals surface area contributed by atoms with Gasteiger partial charge in [0.25, 0.3) is 15.9 Å². The second kappa shape index (κ2) is 10.9. The molecule has 0 unspecified atom stereocenters. The first kappa shape index (κ1) is 25.9. The van der Waals surface area contributed by atoms with Crippen LogP contribution in [0.3, 0.4) is 0 Å². The highest BCUT2D eigenvalue weighted by Crippen LogP contribution is 2.24. The molecule has 1 aliphatic rings. The van der Waals surface area contributed by atoms with E-state index in [-0.39, 0.29) is 10.8 Å². The number of hydrogen-bond donors (Lipinski definition) is 1. The minimum atomic E-state index is -3.85. The Bertz CT molecular complexity index is 1540. The van der Waals surface area contributed by atoms with Crippen molar-refractivity contribution >= 4 is 32.5 Å². The summed E-state index contributed by atoms with van der Waals surface area (Å²) in [6.07, 6.45) is 2.49. The molecule has 1 fully saturated rings. The molecule has 3 aromatic carbocycles. The number of carbonyl (C=O) groups excluding carboxylic acids is 1. The third-order valence-corrected chi connectivity index (χ3v) is 8.25. The molecule has 0 bridgehead atoms. The first-order chi connectivity index (χ1) is 18.3. The van der Waals surface area contributed by atoms with Gasteiger partial charge in [0.15, 0.2) is 0 Å². The molecule has 1 aliphatic heterocycles. The second-order valence-corrected chi connectivity index (χ2v) is 11.6. The molecule has 0 spiro atoms. The molecule has 2 heterocycles. The normalized spacial score (nSPS) is 14.8. The number of rotatable bonds is 6. The number of aromatic nitrogens is 1. The molecule has 5 rings (SSSR count). The largest absolute Gasteiger partial charge is 0.337 e. The number of pyridine rings is 1. The van der Waals surface area contributed by atoms with E-state index in [1.54, 1.807) is 42.6 Å². The number of hydrogen-bond acceptors (Lipinski definition) is 5. The van der Waals surface area contributed by atoms with Gasteiger partial charge in [0, 0.05) is 55.6 Å². The Hall–Kier alpha value is -3.75. The van der Waals surface area contributed by atoms with Gasteiger partial charge in [0.05, 0.1) is 5.52 Å². The summed E-state index contributed by atoms with van der Waals surface area (Å²) in [5.74, 6) is -0.0362. The Morgan fingerprint density at radius 2 is 1.63 bits per heavy atom. The Balaban J connectivity index is 1.23. The maximum atomic E-state index is 13.2. The van der Waals surface area contributed by atoms with Gasteiger partial charge in [-0.05, 0) is 62.2 Å². The summed E-state index contributed by atoms with van der Waals surface area (Å²) in [7, 11) is -3.85. The SMILES string of the molecule is Cc1cc(C)cc(CN2CCCN(C(=O)c3ccc(NS(=O)(=O)c4cccc5cccnc45)cc3)CC2)c1. The zero-order valence-electron chi connectivity index (χ0n) is 21.7. The zero-order valence-corrected chi connectivity index (χ0v) is 22.5. The lowest BCUT2D eigenvalue weighted by Crippen LogP contribution is -2.35. The molecule has 196 valence electrons. The van der Waals surface area contributed by atoms with Crippen LogP contribution in [0.2, 0.25) is 0 Å². The van der Waals surface area contributed by atoms with E-state index < -0.39 is 10.0 Å². The molecule has 7 nitrogen and oxygen atoms in total. The molecule has 0 saturated carbocycles. The number of benzene rings is 3. The van der Waals surface area contributed by atoms with Crippen LogP contribution in [-0.2, 0) is 16.6 Å². The number of nitrogens with zero attached hydrogens (tertiary/aromatic N) is 3. The quantitative estimate of drug-likeness (QED) is 0.381. The predicted octanol–water partition coefficient (Wildman–Crippen LogP) is 5.00. The van der Waals surface area contributed by atoms with Crippen LogP contribution in [0.1, 0.15) is 33.5 Å². The van der Waals surface area contributed by atoms with Crippen molar-refractivity contribution in [2.75, 3.05) is 30.9 Å². The first-order valence-electron chi connectivity index (χ1n) is 12.8. The van der Waals surface area contributed by atoms with Crippen LogP contribution in [-0.4, -0.2) is 55.3 Å². The van der Waals surface area contributed by atoms with Gasteiger partial charge >= 0.3 is 0 Å². The fraction of sp³-hybridized carbons (Fsp3) is 0.267. The van der Waals surface area contributed by atoms with E-state index in [0.717, 1.165) is 31.4 Å². The van der Waals surface area contributed by atoms with Crippen LogP contribution in [0.15, 0.2) is 83.9 Å². The number of aryl methyl sites for hydroxylation is 2. The number of para-hydroxylation sites is 1. The van der Waals surface area contributed by atoms with E-state index in [2.05, 4.69) is 46.7 Å². The Morgan fingerprint density at radius 1 is 0.895 bits per heavy atom. The maximum Gasteiger partial charge on any atom is 0.264 e. The molecule has 8 heteroatoms. The highest BCUT2D eigenvalue weighted by molar-refractivity contribution is 7.93. The Morgan fingerprint density at radius 3 is 2.39 bits per heavy atom. The van der Waals surface area contributed by atoms with Crippen molar-refractivity contribution in [1.82, 2.24) is 14.8 Å². The monoisotopic (exact) mass is 528 g/mol. The van der Waals surface area contributed by atoms with Gasteiger partial charge in [0.2, 0.25) is 0 Å². The van der Waals surface area contributed by atoms with E-state index in [9.17, 15) is 13.2 Å². The van der Waals surface area contributed by atoms with Crippen LogP contribution >= 0.6 is 0 Å². The number of fused-ring (bicyclic) bond motifs is 1. The Kier molecular flexibility index (Phi) is 7.44. The minimum absolute atomic E-state index is 0.0362. The third-order valence-electron chi connectivity index (χ3n) is 6.83. The van der Waals surface area contributed by atoms with E-state index in [0.29, 0.717) is 29.9 Å². The van der Waals surface area contributed by atoms with Gasteiger partial charge in [-0.15, -0.1) is 0 Å². The molecule has 38 heavy (non-hydrogen) atoms. The lowest BCUT2D eigenvalue weighted by molar-refractivity contribution is 0.0761. The fourth-order valence-electron chi connectivity index (χ4n) is 5.12. The molecular formula is C30H32N4O3S. The molecule has 0 aliphatic carbocycles. The summed E-state index contributed by atoms with van der Waals surface area (Å²) in [5.41, 5.74) is 5.20. The third kappa shape index (κ3) is 5.87. The van der Waals surface area contributed by atoms with Gasteiger partial charge in [0.1, 0.15) is 4.90 Å². The highest BCUT2D eigenvalue weighted by atomic mass is 32.2. The van der Waals surface area contributed by atoms with Gasteiger partial charge in [-0.3, -0.25) is 19.4 Å². The maximum absolute atomic E-state index is 13.2. The highest BCUT2D eigenvalue weighted by Gasteiger charge is 2.22. The van der Waals surface area contributed by atoms with Crippen molar-refractivity contribution in [2.45, 2.75) is 31.7 Å². The molecule has 1 amide bonds. The van der Waals surface area contributed by atoms with Crippen LogP contribution in [0.5, 0.6) is 0 Å². The standard InChI is InChI=1S/C30H32N4O3S/c1-22-18-23(2)20-24(19-22)21-33-14-5-15-34(17-16-33)30(35)26-9-11-27(12-10-26)32-38(36,37)28-8-3-6-25-7-4-13-31-29(25)28/h3-4,6-13,18-20,32H,5,14-17,21H2,1-2H3. The molecular weight excluding hydrogens is 496 g/mol. The number of anilines is 1. The van der Waals surface area contributed by atoms with Gasteiger partial charge in [-0.2, -0.15) is 0 Å². The number of carbonyl (C=O) groups is 1. The number of sulfonamides is 1. The van der Waals surface area contributed by atoms with E-state index in [1.165, 1.54) is 22.8 Å². The molecule has 0 atom stereocenters. The van der Waals surface area contributed by atoms with Crippen molar-refractivity contribution in [3.8, 4) is 0 Å². The zero-order chi connectivity index (χ0) is 26.7. The summed E-state index contributed by atoms with van der Waals surface area (Å²) >= 11 is 0. The van der Waals surface area contributed by atoms with Crippen molar-refractivity contribution in [1.29, 1.82) is 0 Å². The molecule has 1 aromatic heterocycles. The molecule has 1 saturated heterocycles. The Labute approximate surface area is 224 Å². The van der Waals surface area contributed by atoms with Crippen LogP contribution < -0.4 is 4.72 Å². The molecule has 1 N–H and O–H groups in total. The smallest absolute Gasteiger partial charge is 0.264 e. The predicted molar refractivity (Wildman–Crippen MR) is 151 cm³/mol. The van der Waals surface area contributed by atoms with E-state index in [1.807, 2.05) is 17.0 Å².